The van der Waals surface area contributed by atoms with Gasteiger partial charge in [-0.15, -0.1) is 0 Å². The molecule has 0 saturated heterocycles. The van der Waals surface area contributed by atoms with E-state index < -0.39 is 42.9 Å². The molecule has 3 aromatic carbocycles. The molecule has 34 heavy (non-hydrogen) atoms. The van der Waals surface area contributed by atoms with Crippen molar-refractivity contribution in [1.82, 2.24) is 0 Å². The maximum Gasteiger partial charge on any atom is 0.289 e. The molecule has 0 bridgehead atoms. The number of sulfonamides is 1. The second-order valence-electron chi connectivity index (χ2n) is 6.76. The Labute approximate surface area is 193 Å². The number of nitrogens with one attached hydrogen (secondary N) is 1. The van der Waals surface area contributed by atoms with Crippen LogP contribution >= 0.6 is 0 Å². The molecule has 3 rings (SSSR count). The molecule has 0 spiro atoms. The van der Waals surface area contributed by atoms with Crippen molar-refractivity contribution in [3.8, 4) is 5.75 Å². The molecule has 0 saturated carbocycles. The zero-order chi connectivity index (χ0) is 24.9. The summed E-state index contributed by atoms with van der Waals surface area (Å²) in [7, 11) is -3.27. The second-order valence-corrected chi connectivity index (χ2v) is 8.59. The summed E-state index contributed by atoms with van der Waals surface area (Å²) in [6, 6.07) is 15.9. The molecule has 0 aliphatic heterocycles. The molecule has 3 aromatic rings. The smallest absolute Gasteiger partial charge is 0.289 e. The van der Waals surface area contributed by atoms with Crippen LogP contribution < -0.4 is 14.4 Å². The maximum absolute atomic E-state index is 13.4. The number of benzene rings is 3. The molecule has 12 nitrogen and oxygen atoms in total. The number of rotatable bonds is 9. The quantitative estimate of drug-likeness (QED) is 0.356. The van der Waals surface area contributed by atoms with Crippen LogP contribution in [-0.4, -0.2) is 37.8 Å². The summed E-state index contributed by atoms with van der Waals surface area (Å²) >= 11 is 0. The molecule has 0 aliphatic rings. The van der Waals surface area contributed by atoms with Gasteiger partial charge in [0.15, 0.2) is 4.90 Å². The summed E-state index contributed by atoms with van der Waals surface area (Å²) in [5.41, 5.74) is -0.924. The Balaban J connectivity index is 2.01. The Hall–Kier alpha value is -4.52. The topological polar surface area (TPSA) is 162 Å². The van der Waals surface area contributed by atoms with Gasteiger partial charge in [-0.2, -0.15) is 0 Å². The van der Waals surface area contributed by atoms with Gasteiger partial charge in [0.1, 0.15) is 12.3 Å². The Kier molecular flexibility index (Phi) is 7.06. The fraction of sp³-hybridized carbons (Fsp3) is 0.0952. The van der Waals surface area contributed by atoms with Crippen molar-refractivity contribution in [2.24, 2.45) is 0 Å². The maximum atomic E-state index is 13.4. The van der Waals surface area contributed by atoms with E-state index in [-0.39, 0.29) is 22.8 Å². The third kappa shape index (κ3) is 5.10. The number of anilines is 2. The number of ether oxygens (including phenoxy) is 1. The minimum absolute atomic E-state index is 0.0437. The van der Waals surface area contributed by atoms with Crippen molar-refractivity contribution in [2.45, 2.75) is 4.90 Å². The van der Waals surface area contributed by atoms with Crippen LogP contribution in [0.15, 0.2) is 77.7 Å². The third-order valence-corrected chi connectivity index (χ3v) is 6.45. The Morgan fingerprint density at radius 3 is 2.24 bits per heavy atom. The molecular weight excluding hydrogens is 468 g/mol. The van der Waals surface area contributed by atoms with Crippen LogP contribution in [0.25, 0.3) is 0 Å². The van der Waals surface area contributed by atoms with E-state index in [9.17, 15) is 33.4 Å². The summed E-state index contributed by atoms with van der Waals surface area (Å²) in [4.78, 5) is 33.3. The average molecular weight is 486 g/mol. The largest absolute Gasteiger partial charge is 0.495 e. The number of hydrogen-bond donors (Lipinski definition) is 1. The average Bonchev–Trinajstić information content (AvgIpc) is 2.82. The number of para-hydroxylation sites is 2. The van der Waals surface area contributed by atoms with Gasteiger partial charge < -0.3 is 10.1 Å². The highest BCUT2D eigenvalue weighted by Crippen LogP contribution is 2.31. The van der Waals surface area contributed by atoms with E-state index in [1.54, 1.807) is 18.2 Å². The zero-order valence-corrected chi connectivity index (χ0v) is 18.5. The van der Waals surface area contributed by atoms with E-state index >= 15 is 0 Å². The van der Waals surface area contributed by atoms with Gasteiger partial charge in [0.2, 0.25) is 5.91 Å². The van der Waals surface area contributed by atoms with Crippen molar-refractivity contribution in [2.75, 3.05) is 23.3 Å². The van der Waals surface area contributed by atoms with Crippen LogP contribution in [0.2, 0.25) is 0 Å². The van der Waals surface area contributed by atoms with E-state index in [1.165, 1.54) is 43.5 Å². The summed E-state index contributed by atoms with van der Waals surface area (Å²) in [6.45, 7) is -0.774. The number of nitrogens with zero attached hydrogens (tertiary/aromatic N) is 3. The molecule has 1 amide bonds. The minimum atomic E-state index is -4.56. The molecule has 176 valence electrons. The Morgan fingerprint density at radius 1 is 0.971 bits per heavy atom. The lowest BCUT2D eigenvalue weighted by Crippen LogP contribution is -2.38. The molecule has 0 atom stereocenters. The van der Waals surface area contributed by atoms with Crippen molar-refractivity contribution < 1.29 is 27.8 Å². The highest BCUT2D eigenvalue weighted by atomic mass is 32.2. The third-order valence-electron chi connectivity index (χ3n) is 4.63. The highest BCUT2D eigenvalue weighted by Gasteiger charge is 2.33. The molecule has 13 heteroatoms. The first-order valence-corrected chi connectivity index (χ1v) is 11.0. The lowest BCUT2D eigenvalue weighted by atomic mass is 10.2. The van der Waals surface area contributed by atoms with Gasteiger partial charge in [0, 0.05) is 18.2 Å². The number of non-ortho nitro benzene ring substituents is 1. The standard InChI is InChI=1S/C21H18N4O8S/c1-33-19-12-11-16(24(27)28)13-17(19)22-21(26)14-23(15-7-3-2-4-8-15)34(31,32)20-10-6-5-9-18(20)25(29)30/h2-13H,14H2,1H3,(H,22,26). The van der Waals surface area contributed by atoms with Gasteiger partial charge in [-0.1, -0.05) is 30.3 Å². The minimum Gasteiger partial charge on any atom is -0.495 e. The predicted molar refractivity (Wildman–Crippen MR) is 122 cm³/mol. The van der Waals surface area contributed by atoms with Gasteiger partial charge in [0.05, 0.1) is 28.3 Å². The molecule has 1 N–H and O–H groups in total. The van der Waals surface area contributed by atoms with E-state index in [4.69, 9.17) is 4.74 Å². The van der Waals surface area contributed by atoms with Crippen LogP contribution in [0, 0.1) is 20.2 Å². The first kappa shape index (κ1) is 24.1. The molecule has 0 radical (unpaired) electrons. The van der Waals surface area contributed by atoms with E-state index in [0.29, 0.717) is 4.31 Å². The van der Waals surface area contributed by atoms with Crippen molar-refractivity contribution in [3.05, 3.63) is 93.0 Å². The predicted octanol–water partition coefficient (Wildman–Crippen LogP) is 3.35. The molecule has 0 fully saturated rings. The Morgan fingerprint density at radius 2 is 1.62 bits per heavy atom. The lowest BCUT2D eigenvalue weighted by Gasteiger charge is -2.24. The molecule has 0 aromatic heterocycles. The van der Waals surface area contributed by atoms with Gasteiger partial charge in [-0.3, -0.25) is 29.3 Å². The number of hydrogen-bond acceptors (Lipinski definition) is 8. The zero-order valence-electron chi connectivity index (χ0n) is 17.7. The van der Waals surface area contributed by atoms with Crippen molar-refractivity contribution in [1.29, 1.82) is 0 Å². The first-order valence-electron chi connectivity index (χ1n) is 9.58. The van der Waals surface area contributed by atoms with Gasteiger partial charge in [-0.05, 0) is 24.3 Å². The summed E-state index contributed by atoms with van der Waals surface area (Å²) in [6.07, 6.45) is 0. The number of carbonyl (C=O) groups excluding carboxylic acids is 1. The number of amides is 1. The SMILES string of the molecule is COc1ccc([N+](=O)[O-])cc1NC(=O)CN(c1ccccc1)S(=O)(=O)c1ccccc1[N+](=O)[O-]. The van der Waals surface area contributed by atoms with E-state index in [2.05, 4.69) is 5.32 Å². The lowest BCUT2D eigenvalue weighted by molar-refractivity contribution is -0.387. The van der Waals surface area contributed by atoms with Crippen molar-refractivity contribution in [3.63, 3.8) is 0 Å². The number of methoxy groups -OCH3 is 1. The fourth-order valence-electron chi connectivity index (χ4n) is 3.08. The molecule has 0 unspecified atom stereocenters. The monoisotopic (exact) mass is 486 g/mol. The van der Waals surface area contributed by atoms with Gasteiger partial charge in [0.25, 0.3) is 21.4 Å². The fourth-order valence-corrected chi connectivity index (χ4v) is 4.66. The molecule has 0 aliphatic carbocycles. The van der Waals surface area contributed by atoms with E-state index in [1.807, 2.05) is 0 Å². The summed E-state index contributed by atoms with van der Waals surface area (Å²) in [5, 5.41) is 24.9. The molecular formula is C21H18N4O8S. The summed E-state index contributed by atoms with van der Waals surface area (Å²) < 4.78 is 32.7. The first-order chi connectivity index (χ1) is 16.1. The molecule has 0 heterocycles. The number of carbonyl (C=O) groups is 1. The van der Waals surface area contributed by atoms with Crippen molar-refractivity contribution >= 4 is 38.7 Å². The normalized spacial score (nSPS) is 10.9. The number of nitro benzene ring substituents is 2. The highest BCUT2D eigenvalue weighted by molar-refractivity contribution is 7.93. The van der Waals surface area contributed by atoms with Gasteiger partial charge >= 0.3 is 0 Å². The van der Waals surface area contributed by atoms with Crippen LogP contribution in [0.3, 0.4) is 0 Å². The Bertz CT molecular complexity index is 1350. The van der Waals surface area contributed by atoms with E-state index in [0.717, 1.165) is 18.2 Å². The summed E-state index contributed by atoms with van der Waals surface area (Å²) in [5.74, 6) is -0.739. The second kappa shape index (κ2) is 9.95. The van der Waals surface area contributed by atoms with Crippen LogP contribution in [-0.2, 0) is 14.8 Å². The number of nitro groups is 2. The van der Waals surface area contributed by atoms with Crippen LogP contribution in [0.5, 0.6) is 5.75 Å². The van der Waals surface area contributed by atoms with Crippen LogP contribution in [0.4, 0.5) is 22.7 Å². The van der Waals surface area contributed by atoms with Gasteiger partial charge in [-0.25, -0.2) is 8.42 Å². The van der Waals surface area contributed by atoms with Crippen LogP contribution in [0.1, 0.15) is 0 Å².